The highest BCUT2D eigenvalue weighted by Crippen LogP contribution is 2.35. The van der Waals surface area contributed by atoms with Crippen LogP contribution in [0.3, 0.4) is 0 Å². The molecule has 0 saturated carbocycles. The molecule has 1 aromatic rings. The van der Waals surface area contributed by atoms with Crippen LogP contribution in [0.4, 0.5) is 11.4 Å². The number of aliphatic imine (C=N–C) groups is 2. The number of rotatable bonds is 8. The maximum absolute atomic E-state index is 4.84. The Bertz CT molecular complexity index is 631. The van der Waals surface area contributed by atoms with Gasteiger partial charge in [-0.1, -0.05) is 24.3 Å². The molecule has 118 valence electrons. The van der Waals surface area contributed by atoms with Crippen LogP contribution in [0.15, 0.2) is 72.7 Å². The summed E-state index contributed by atoms with van der Waals surface area (Å²) in [6.07, 6.45) is 11.6. The first-order valence-corrected chi connectivity index (χ1v) is 7.94. The number of nitrogens with zero attached hydrogens (tertiary/aromatic N) is 2. The Morgan fingerprint density at radius 1 is 0.696 bits per heavy atom. The molecule has 0 amide bonds. The first-order valence-electron chi connectivity index (χ1n) is 7.94. The van der Waals surface area contributed by atoms with Crippen molar-refractivity contribution in [2.24, 2.45) is 9.98 Å². The van der Waals surface area contributed by atoms with Gasteiger partial charge in [0.1, 0.15) is 0 Å². The summed E-state index contributed by atoms with van der Waals surface area (Å²) in [7, 11) is 0. The summed E-state index contributed by atoms with van der Waals surface area (Å²) in [5.41, 5.74) is 6.54. The third-order valence-electron chi connectivity index (χ3n) is 3.75. The molecule has 1 heterocycles. The second-order valence-corrected chi connectivity index (χ2v) is 5.61. The fourth-order valence-corrected chi connectivity index (χ4v) is 2.76. The summed E-state index contributed by atoms with van der Waals surface area (Å²) < 4.78 is 0. The predicted octanol–water partition coefficient (Wildman–Crippen LogP) is 5.84. The van der Waals surface area contributed by atoms with E-state index in [1.807, 2.05) is 24.3 Å². The lowest BCUT2D eigenvalue weighted by atomic mass is 9.99. The molecule has 0 unspecified atom stereocenters. The molecule has 0 N–H and O–H groups in total. The molecule has 2 rings (SSSR count). The molecule has 0 spiro atoms. The number of allylic oxidation sites excluding steroid dienone is 4. The van der Waals surface area contributed by atoms with Gasteiger partial charge in [-0.25, -0.2) is 0 Å². The molecule has 1 aromatic carbocycles. The van der Waals surface area contributed by atoms with Gasteiger partial charge in [-0.2, -0.15) is 0 Å². The molecular weight excluding hydrogens is 280 g/mol. The van der Waals surface area contributed by atoms with E-state index in [1.54, 1.807) is 0 Å². The summed E-state index contributed by atoms with van der Waals surface area (Å²) >= 11 is 0. The smallest absolute Gasteiger partial charge is 0.0888 e. The lowest BCUT2D eigenvalue weighted by molar-refractivity contribution is 1.15. The topological polar surface area (TPSA) is 24.7 Å². The molecule has 0 saturated heterocycles. The van der Waals surface area contributed by atoms with E-state index in [2.05, 4.69) is 38.4 Å². The average Bonchev–Trinajstić information content (AvgIpc) is 2.67. The van der Waals surface area contributed by atoms with Crippen molar-refractivity contribution in [3.63, 3.8) is 0 Å². The van der Waals surface area contributed by atoms with Crippen LogP contribution >= 0.6 is 0 Å². The Morgan fingerprint density at radius 2 is 1.09 bits per heavy atom. The monoisotopic (exact) mass is 304 g/mol. The van der Waals surface area contributed by atoms with E-state index in [0.29, 0.717) is 0 Å². The molecule has 0 fully saturated rings. The SMILES string of the molecule is C=CCC1=Nc2cc(CC=C)c(CC=C)cc2N=C(CC=C)C1. The normalized spacial score (nSPS) is 13.2. The van der Waals surface area contributed by atoms with Crippen molar-refractivity contribution < 1.29 is 0 Å². The fourth-order valence-electron chi connectivity index (χ4n) is 2.76. The molecule has 0 aromatic heterocycles. The number of hydrogen-bond acceptors (Lipinski definition) is 2. The highest BCUT2D eigenvalue weighted by atomic mass is 14.9. The van der Waals surface area contributed by atoms with Gasteiger partial charge in [0.15, 0.2) is 0 Å². The Hall–Kier alpha value is -2.48. The van der Waals surface area contributed by atoms with Gasteiger partial charge in [0.25, 0.3) is 0 Å². The standard InChI is InChI=1S/C21H24N2/c1-5-9-16-13-20-21(14-17(16)10-6-2)23-19(12-8-4)15-18(22-20)11-7-3/h5-8,13-14H,1-4,9-12,15H2. The second kappa shape index (κ2) is 8.23. The number of hydrogen-bond donors (Lipinski definition) is 0. The number of benzene rings is 1. The first kappa shape index (κ1) is 16.9. The van der Waals surface area contributed by atoms with Gasteiger partial charge in [-0.05, 0) is 36.1 Å². The number of fused-ring (bicyclic) bond motifs is 1. The van der Waals surface area contributed by atoms with Crippen molar-refractivity contribution in [2.75, 3.05) is 0 Å². The Balaban J connectivity index is 2.58. The Kier molecular flexibility index (Phi) is 6.04. The van der Waals surface area contributed by atoms with Gasteiger partial charge in [-0.15, -0.1) is 26.3 Å². The maximum atomic E-state index is 4.84. The first-order chi connectivity index (χ1) is 11.2. The molecule has 2 heteroatoms. The molecule has 23 heavy (non-hydrogen) atoms. The van der Waals surface area contributed by atoms with E-state index in [-0.39, 0.29) is 0 Å². The fraction of sp³-hybridized carbons (Fsp3) is 0.238. The molecule has 1 aliphatic heterocycles. The van der Waals surface area contributed by atoms with Crippen LogP contribution in [0.2, 0.25) is 0 Å². The zero-order valence-electron chi connectivity index (χ0n) is 13.7. The van der Waals surface area contributed by atoms with Crippen LogP contribution in [-0.4, -0.2) is 11.4 Å². The highest BCUT2D eigenvalue weighted by Gasteiger charge is 2.14. The molecule has 0 atom stereocenters. The van der Waals surface area contributed by atoms with E-state index in [9.17, 15) is 0 Å². The van der Waals surface area contributed by atoms with Gasteiger partial charge >= 0.3 is 0 Å². The molecule has 0 bridgehead atoms. The van der Waals surface area contributed by atoms with Crippen molar-refractivity contribution in [1.29, 1.82) is 0 Å². The third kappa shape index (κ3) is 4.26. The summed E-state index contributed by atoms with van der Waals surface area (Å²) in [5.74, 6) is 0. The molecular formula is C21H24N2. The Labute approximate surface area is 139 Å². The van der Waals surface area contributed by atoms with E-state index in [1.165, 1.54) is 11.1 Å². The van der Waals surface area contributed by atoms with Gasteiger partial charge < -0.3 is 0 Å². The predicted molar refractivity (Wildman–Crippen MR) is 103 cm³/mol. The quantitative estimate of drug-likeness (QED) is 0.539. The lowest BCUT2D eigenvalue weighted by Gasteiger charge is -2.10. The zero-order chi connectivity index (χ0) is 16.7. The van der Waals surface area contributed by atoms with E-state index >= 15 is 0 Å². The van der Waals surface area contributed by atoms with Gasteiger partial charge in [0.05, 0.1) is 11.4 Å². The highest BCUT2D eigenvalue weighted by molar-refractivity contribution is 6.09. The van der Waals surface area contributed by atoms with Crippen LogP contribution in [0.5, 0.6) is 0 Å². The lowest BCUT2D eigenvalue weighted by Crippen LogP contribution is -2.05. The summed E-state index contributed by atoms with van der Waals surface area (Å²) in [5, 5.41) is 0. The van der Waals surface area contributed by atoms with Crippen LogP contribution in [-0.2, 0) is 12.8 Å². The molecule has 0 radical (unpaired) electrons. The summed E-state index contributed by atoms with van der Waals surface area (Å²) in [6.45, 7) is 15.4. The third-order valence-corrected chi connectivity index (χ3v) is 3.75. The largest absolute Gasteiger partial charge is 0.255 e. The van der Waals surface area contributed by atoms with Crippen molar-refractivity contribution >= 4 is 22.8 Å². The van der Waals surface area contributed by atoms with Gasteiger partial charge in [0, 0.05) is 30.7 Å². The zero-order valence-corrected chi connectivity index (χ0v) is 13.7. The summed E-state index contributed by atoms with van der Waals surface area (Å²) in [6, 6.07) is 4.28. The van der Waals surface area contributed by atoms with Crippen molar-refractivity contribution in [3.05, 3.63) is 73.9 Å². The second-order valence-electron chi connectivity index (χ2n) is 5.61. The Morgan fingerprint density at radius 3 is 1.43 bits per heavy atom. The maximum Gasteiger partial charge on any atom is 0.0888 e. The van der Waals surface area contributed by atoms with Gasteiger partial charge in [0.2, 0.25) is 0 Å². The van der Waals surface area contributed by atoms with E-state index < -0.39 is 0 Å². The summed E-state index contributed by atoms with van der Waals surface area (Å²) in [4.78, 5) is 9.68. The minimum atomic E-state index is 0.778. The van der Waals surface area contributed by atoms with Crippen LogP contribution in [0.1, 0.15) is 30.4 Å². The van der Waals surface area contributed by atoms with E-state index in [0.717, 1.165) is 54.9 Å². The minimum absolute atomic E-state index is 0.778. The van der Waals surface area contributed by atoms with Crippen LogP contribution < -0.4 is 0 Å². The van der Waals surface area contributed by atoms with Crippen LogP contribution in [0, 0.1) is 0 Å². The van der Waals surface area contributed by atoms with Crippen molar-refractivity contribution in [1.82, 2.24) is 0 Å². The average molecular weight is 304 g/mol. The van der Waals surface area contributed by atoms with Crippen LogP contribution in [0.25, 0.3) is 0 Å². The molecule has 2 nitrogen and oxygen atoms in total. The van der Waals surface area contributed by atoms with Crippen molar-refractivity contribution in [2.45, 2.75) is 32.1 Å². The minimum Gasteiger partial charge on any atom is -0.255 e. The molecule has 0 aliphatic carbocycles. The van der Waals surface area contributed by atoms with Gasteiger partial charge in [-0.3, -0.25) is 9.98 Å². The van der Waals surface area contributed by atoms with E-state index in [4.69, 9.17) is 9.98 Å². The van der Waals surface area contributed by atoms with Crippen molar-refractivity contribution in [3.8, 4) is 0 Å². The molecule has 1 aliphatic rings.